The van der Waals surface area contributed by atoms with E-state index in [1.165, 1.54) is 0 Å². The summed E-state index contributed by atoms with van der Waals surface area (Å²) in [6.45, 7) is 3.51. The van der Waals surface area contributed by atoms with Gasteiger partial charge in [-0.3, -0.25) is 4.79 Å². The quantitative estimate of drug-likeness (QED) is 0.855. The zero-order chi connectivity index (χ0) is 14.1. The van der Waals surface area contributed by atoms with Crippen LogP contribution in [-0.2, 0) is 13.6 Å². The summed E-state index contributed by atoms with van der Waals surface area (Å²) in [5.74, 6) is 0.411. The molecule has 0 fully saturated rings. The molecule has 2 aromatic rings. The van der Waals surface area contributed by atoms with E-state index in [0.29, 0.717) is 12.4 Å². The second-order valence-corrected chi connectivity index (χ2v) is 5.19. The molecule has 20 heavy (non-hydrogen) atoms. The van der Waals surface area contributed by atoms with E-state index in [0.717, 1.165) is 17.8 Å². The fourth-order valence-electron chi connectivity index (χ4n) is 2.53. The molecule has 1 atom stereocenters. The molecule has 5 heteroatoms. The van der Waals surface area contributed by atoms with Crippen molar-refractivity contribution in [1.82, 2.24) is 14.9 Å². The number of hydrogen-bond acceptors (Lipinski definition) is 3. The number of carbonyl (C=O) groups excluding carboxylic acids is 1. The Morgan fingerprint density at radius 1 is 1.40 bits per heavy atom. The molecule has 2 heterocycles. The Morgan fingerprint density at radius 3 is 2.95 bits per heavy atom. The second kappa shape index (κ2) is 5.09. The third kappa shape index (κ3) is 2.20. The molecule has 0 radical (unpaired) electrons. The highest BCUT2D eigenvalue weighted by molar-refractivity contribution is 6.04. The SMILES string of the molecule is CC1CN(C(=O)c2nccn2C)c2ccccc2CN1. The van der Waals surface area contributed by atoms with Crippen LogP contribution in [0.5, 0.6) is 0 Å². The summed E-state index contributed by atoms with van der Waals surface area (Å²) in [7, 11) is 1.84. The van der Waals surface area contributed by atoms with E-state index in [1.807, 2.05) is 30.1 Å². The number of amides is 1. The molecule has 1 aliphatic heterocycles. The first kappa shape index (κ1) is 12.9. The topological polar surface area (TPSA) is 50.2 Å². The van der Waals surface area contributed by atoms with Crippen molar-refractivity contribution in [1.29, 1.82) is 0 Å². The molecule has 1 aliphatic rings. The monoisotopic (exact) mass is 270 g/mol. The number of anilines is 1. The lowest BCUT2D eigenvalue weighted by Crippen LogP contribution is -2.40. The first-order valence-corrected chi connectivity index (χ1v) is 6.77. The number of imidazole rings is 1. The van der Waals surface area contributed by atoms with Crippen LogP contribution < -0.4 is 10.2 Å². The third-order valence-corrected chi connectivity index (χ3v) is 3.64. The van der Waals surface area contributed by atoms with E-state index < -0.39 is 0 Å². The van der Waals surface area contributed by atoms with Gasteiger partial charge in [-0.2, -0.15) is 0 Å². The van der Waals surface area contributed by atoms with Gasteiger partial charge in [-0.25, -0.2) is 4.98 Å². The highest BCUT2D eigenvalue weighted by atomic mass is 16.2. The Morgan fingerprint density at radius 2 is 2.20 bits per heavy atom. The Bertz CT molecular complexity index is 634. The van der Waals surface area contributed by atoms with Gasteiger partial charge in [0, 0.05) is 44.3 Å². The van der Waals surface area contributed by atoms with Crippen molar-refractivity contribution in [3.63, 3.8) is 0 Å². The Kier molecular flexibility index (Phi) is 3.28. The third-order valence-electron chi connectivity index (χ3n) is 3.64. The molecule has 0 saturated carbocycles. The number of benzene rings is 1. The highest BCUT2D eigenvalue weighted by Crippen LogP contribution is 2.24. The molecule has 1 aromatic heterocycles. The Labute approximate surface area is 118 Å². The number of rotatable bonds is 1. The first-order valence-electron chi connectivity index (χ1n) is 6.77. The molecular weight excluding hydrogens is 252 g/mol. The summed E-state index contributed by atoms with van der Waals surface area (Å²) in [5.41, 5.74) is 2.11. The predicted molar refractivity (Wildman–Crippen MR) is 77.6 cm³/mol. The molecule has 1 unspecified atom stereocenters. The maximum absolute atomic E-state index is 12.8. The molecule has 0 aliphatic carbocycles. The van der Waals surface area contributed by atoms with Gasteiger partial charge in [0.25, 0.3) is 5.91 Å². The van der Waals surface area contributed by atoms with E-state index in [1.54, 1.807) is 17.0 Å². The number of carbonyl (C=O) groups is 1. The van der Waals surface area contributed by atoms with Crippen molar-refractivity contribution >= 4 is 11.6 Å². The lowest BCUT2D eigenvalue weighted by molar-refractivity contribution is 0.0972. The lowest BCUT2D eigenvalue weighted by atomic mass is 10.1. The fourth-order valence-corrected chi connectivity index (χ4v) is 2.53. The minimum absolute atomic E-state index is 0.0551. The average molecular weight is 270 g/mol. The van der Waals surface area contributed by atoms with Crippen molar-refractivity contribution < 1.29 is 4.79 Å². The average Bonchev–Trinajstić information content (AvgIpc) is 2.80. The summed E-state index contributed by atoms with van der Waals surface area (Å²) in [5, 5.41) is 3.42. The van der Waals surface area contributed by atoms with Crippen LogP contribution in [-0.4, -0.2) is 28.0 Å². The van der Waals surface area contributed by atoms with Crippen LogP contribution in [0.1, 0.15) is 23.1 Å². The van der Waals surface area contributed by atoms with Crippen molar-refractivity contribution in [2.45, 2.75) is 19.5 Å². The molecule has 1 N–H and O–H groups in total. The van der Waals surface area contributed by atoms with E-state index in [-0.39, 0.29) is 11.9 Å². The molecular formula is C15H18N4O. The van der Waals surface area contributed by atoms with E-state index in [2.05, 4.69) is 23.3 Å². The van der Waals surface area contributed by atoms with Gasteiger partial charge in [0.15, 0.2) is 5.82 Å². The van der Waals surface area contributed by atoms with Gasteiger partial charge < -0.3 is 14.8 Å². The van der Waals surface area contributed by atoms with Crippen LogP contribution in [0.3, 0.4) is 0 Å². The maximum atomic E-state index is 12.8. The predicted octanol–water partition coefficient (Wildman–Crippen LogP) is 1.56. The van der Waals surface area contributed by atoms with Crippen LogP contribution in [0, 0.1) is 0 Å². The smallest absolute Gasteiger partial charge is 0.294 e. The molecule has 0 spiro atoms. The van der Waals surface area contributed by atoms with E-state index in [4.69, 9.17) is 0 Å². The number of aromatic nitrogens is 2. The van der Waals surface area contributed by atoms with Crippen LogP contribution in [0.25, 0.3) is 0 Å². The van der Waals surface area contributed by atoms with Crippen molar-refractivity contribution in [2.24, 2.45) is 7.05 Å². The number of nitrogens with zero attached hydrogens (tertiary/aromatic N) is 3. The van der Waals surface area contributed by atoms with Gasteiger partial charge in [0.2, 0.25) is 0 Å². The van der Waals surface area contributed by atoms with E-state index >= 15 is 0 Å². The van der Waals surface area contributed by atoms with Crippen LogP contribution in [0.15, 0.2) is 36.7 Å². The van der Waals surface area contributed by atoms with Gasteiger partial charge in [0.1, 0.15) is 0 Å². The number of aryl methyl sites for hydroxylation is 1. The molecule has 1 amide bonds. The zero-order valence-corrected chi connectivity index (χ0v) is 11.7. The van der Waals surface area contributed by atoms with Crippen LogP contribution in [0.4, 0.5) is 5.69 Å². The van der Waals surface area contributed by atoms with Gasteiger partial charge >= 0.3 is 0 Å². The first-order chi connectivity index (χ1) is 9.66. The number of nitrogens with one attached hydrogen (secondary N) is 1. The second-order valence-electron chi connectivity index (χ2n) is 5.19. The van der Waals surface area contributed by atoms with Crippen molar-refractivity contribution in [3.8, 4) is 0 Å². The number of para-hydroxylation sites is 1. The zero-order valence-electron chi connectivity index (χ0n) is 11.7. The molecule has 1 aromatic carbocycles. The van der Waals surface area contributed by atoms with Crippen molar-refractivity contribution in [2.75, 3.05) is 11.4 Å². The van der Waals surface area contributed by atoms with Crippen LogP contribution in [0.2, 0.25) is 0 Å². The summed E-state index contributed by atoms with van der Waals surface area (Å²) in [6.07, 6.45) is 3.44. The summed E-state index contributed by atoms with van der Waals surface area (Å²) in [6, 6.07) is 8.26. The van der Waals surface area contributed by atoms with Gasteiger partial charge in [-0.1, -0.05) is 18.2 Å². The van der Waals surface area contributed by atoms with Gasteiger partial charge in [0.05, 0.1) is 0 Å². The van der Waals surface area contributed by atoms with Gasteiger partial charge in [-0.15, -0.1) is 0 Å². The van der Waals surface area contributed by atoms with Crippen molar-refractivity contribution in [3.05, 3.63) is 48.0 Å². The largest absolute Gasteiger partial charge is 0.330 e. The van der Waals surface area contributed by atoms with Crippen LogP contribution >= 0.6 is 0 Å². The molecule has 104 valence electrons. The van der Waals surface area contributed by atoms with E-state index in [9.17, 15) is 4.79 Å². The molecule has 5 nitrogen and oxygen atoms in total. The fraction of sp³-hybridized carbons (Fsp3) is 0.333. The number of hydrogen-bond donors (Lipinski definition) is 1. The standard InChI is InChI=1S/C15H18N4O/c1-11-10-19(15(20)14-16-7-8-18(14)2)13-6-4-3-5-12(13)9-17-11/h3-8,11,17H,9-10H2,1-2H3. The Hall–Kier alpha value is -2.14. The highest BCUT2D eigenvalue weighted by Gasteiger charge is 2.26. The summed E-state index contributed by atoms with van der Waals surface area (Å²) in [4.78, 5) is 18.8. The summed E-state index contributed by atoms with van der Waals surface area (Å²) < 4.78 is 1.76. The maximum Gasteiger partial charge on any atom is 0.294 e. The Balaban J connectivity index is 2.03. The summed E-state index contributed by atoms with van der Waals surface area (Å²) >= 11 is 0. The molecule has 0 saturated heterocycles. The molecule has 3 rings (SSSR count). The lowest BCUT2D eigenvalue weighted by Gasteiger charge is -2.24. The number of fused-ring (bicyclic) bond motifs is 1. The van der Waals surface area contributed by atoms with Gasteiger partial charge in [-0.05, 0) is 18.6 Å². The minimum atomic E-state index is -0.0551. The normalized spacial score (nSPS) is 18.5. The minimum Gasteiger partial charge on any atom is -0.330 e. The molecule has 0 bridgehead atoms.